The van der Waals surface area contributed by atoms with E-state index < -0.39 is 11.9 Å². The summed E-state index contributed by atoms with van der Waals surface area (Å²) in [5, 5.41) is 0.520. The van der Waals surface area contributed by atoms with Gasteiger partial charge in [-0.2, -0.15) is 0 Å². The molecule has 0 amide bonds. The first-order valence-corrected chi connectivity index (χ1v) is 7.72. The second-order valence-electron chi connectivity index (χ2n) is 5.09. The zero-order valence-corrected chi connectivity index (χ0v) is 13.8. The average molecular weight is 345 g/mol. The summed E-state index contributed by atoms with van der Waals surface area (Å²) < 4.78 is 10.2. The van der Waals surface area contributed by atoms with Gasteiger partial charge >= 0.3 is 11.9 Å². The molecular weight excluding hydrogens is 328 g/mol. The second-order valence-corrected chi connectivity index (χ2v) is 5.50. The van der Waals surface area contributed by atoms with Gasteiger partial charge in [-0.3, -0.25) is 4.79 Å². The maximum absolute atomic E-state index is 11.8. The smallest absolute Gasteiger partial charge is 0.334 e. The van der Waals surface area contributed by atoms with Crippen LogP contribution < -0.4 is 0 Å². The van der Waals surface area contributed by atoms with Gasteiger partial charge in [-0.05, 0) is 11.6 Å². The minimum absolute atomic E-state index is 0.0465. The van der Waals surface area contributed by atoms with E-state index in [0.29, 0.717) is 10.6 Å². The molecule has 2 aromatic carbocycles. The molecule has 0 aromatic heterocycles. The van der Waals surface area contributed by atoms with E-state index in [-0.39, 0.29) is 25.2 Å². The molecule has 2 rings (SSSR count). The van der Waals surface area contributed by atoms with Crippen molar-refractivity contribution >= 4 is 23.5 Å². The van der Waals surface area contributed by atoms with Gasteiger partial charge in [-0.25, -0.2) is 4.79 Å². The third-order valence-corrected chi connectivity index (χ3v) is 3.57. The minimum atomic E-state index is -0.617. The van der Waals surface area contributed by atoms with Gasteiger partial charge in [0.05, 0.1) is 6.42 Å². The fraction of sp³-hybridized carbons (Fsp3) is 0.158. The number of ether oxygens (including phenoxy) is 2. The van der Waals surface area contributed by atoms with Crippen LogP contribution in [0.15, 0.2) is 66.7 Å². The van der Waals surface area contributed by atoms with Gasteiger partial charge in [0.1, 0.15) is 13.2 Å². The Morgan fingerprint density at radius 2 is 1.58 bits per heavy atom. The van der Waals surface area contributed by atoms with Crippen molar-refractivity contribution in [2.24, 2.45) is 0 Å². The van der Waals surface area contributed by atoms with Crippen molar-refractivity contribution in [2.45, 2.75) is 19.6 Å². The lowest BCUT2D eigenvalue weighted by Crippen LogP contribution is -2.13. The standard InChI is InChI=1S/C19H17ClO4/c1-14(19(22)24-12-15-7-3-2-4-8-15)11-18(21)23-13-16-9-5-6-10-17(16)20/h2-10H,1,11-13H2. The predicted molar refractivity (Wildman–Crippen MR) is 91.2 cm³/mol. The molecule has 24 heavy (non-hydrogen) atoms. The van der Waals surface area contributed by atoms with Crippen molar-refractivity contribution < 1.29 is 19.1 Å². The second kappa shape index (κ2) is 8.89. The maximum atomic E-state index is 11.8. The zero-order valence-electron chi connectivity index (χ0n) is 13.0. The summed E-state index contributed by atoms with van der Waals surface area (Å²) in [6.07, 6.45) is -0.224. The Labute approximate surface area is 145 Å². The van der Waals surface area contributed by atoms with Gasteiger partial charge in [-0.15, -0.1) is 0 Å². The Bertz CT molecular complexity index is 725. The molecule has 0 atom stereocenters. The highest BCUT2D eigenvalue weighted by Gasteiger charge is 2.15. The SMILES string of the molecule is C=C(CC(=O)OCc1ccccc1Cl)C(=O)OCc1ccccc1. The first-order valence-electron chi connectivity index (χ1n) is 7.34. The van der Waals surface area contributed by atoms with E-state index in [1.807, 2.05) is 30.3 Å². The van der Waals surface area contributed by atoms with E-state index in [9.17, 15) is 9.59 Å². The number of halogens is 1. The molecule has 0 heterocycles. The van der Waals surface area contributed by atoms with Gasteiger partial charge < -0.3 is 9.47 Å². The number of esters is 2. The summed E-state index contributed by atoms with van der Waals surface area (Å²) in [4.78, 5) is 23.6. The lowest BCUT2D eigenvalue weighted by atomic mass is 10.2. The van der Waals surface area contributed by atoms with E-state index >= 15 is 0 Å². The predicted octanol–water partition coefficient (Wildman–Crippen LogP) is 4.07. The number of benzene rings is 2. The molecule has 4 nitrogen and oxygen atoms in total. The van der Waals surface area contributed by atoms with Gasteiger partial charge in [0, 0.05) is 16.2 Å². The molecule has 0 spiro atoms. The lowest BCUT2D eigenvalue weighted by Gasteiger charge is -2.08. The minimum Gasteiger partial charge on any atom is -0.460 e. The van der Waals surface area contributed by atoms with E-state index in [1.165, 1.54) is 0 Å². The molecule has 0 bridgehead atoms. The fourth-order valence-corrected chi connectivity index (χ4v) is 2.09. The zero-order chi connectivity index (χ0) is 17.4. The molecule has 2 aromatic rings. The van der Waals surface area contributed by atoms with Crippen molar-refractivity contribution in [3.63, 3.8) is 0 Å². The van der Waals surface area contributed by atoms with E-state index in [4.69, 9.17) is 21.1 Å². The summed E-state index contributed by atoms with van der Waals surface area (Å²) in [7, 11) is 0. The van der Waals surface area contributed by atoms with Crippen LogP contribution >= 0.6 is 11.6 Å². The normalized spacial score (nSPS) is 10.0. The molecule has 124 valence electrons. The first-order chi connectivity index (χ1) is 11.6. The molecule has 0 aliphatic heterocycles. The Morgan fingerprint density at radius 1 is 0.917 bits per heavy atom. The molecule has 0 aliphatic carbocycles. The van der Waals surface area contributed by atoms with E-state index in [1.54, 1.807) is 24.3 Å². The molecular formula is C19H17ClO4. The Kier molecular flexibility index (Phi) is 6.58. The summed E-state index contributed by atoms with van der Waals surface area (Å²) in [6, 6.07) is 16.3. The lowest BCUT2D eigenvalue weighted by molar-refractivity contribution is -0.147. The Morgan fingerprint density at radius 3 is 2.29 bits per heavy atom. The van der Waals surface area contributed by atoms with Crippen LogP contribution in [0.4, 0.5) is 0 Å². The third-order valence-electron chi connectivity index (χ3n) is 3.21. The highest BCUT2D eigenvalue weighted by molar-refractivity contribution is 6.31. The van der Waals surface area contributed by atoms with Gasteiger partial charge in [0.25, 0.3) is 0 Å². The van der Waals surface area contributed by atoms with E-state index in [0.717, 1.165) is 5.56 Å². The van der Waals surface area contributed by atoms with Crippen LogP contribution in [0.1, 0.15) is 17.5 Å². The van der Waals surface area contributed by atoms with Crippen LogP contribution in [0.5, 0.6) is 0 Å². The molecule has 0 radical (unpaired) electrons. The van der Waals surface area contributed by atoms with Crippen LogP contribution in [0.2, 0.25) is 5.02 Å². The summed E-state index contributed by atoms with van der Waals surface area (Å²) in [5.74, 6) is -1.18. The van der Waals surface area contributed by atoms with Crippen molar-refractivity contribution in [1.82, 2.24) is 0 Å². The van der Waals surface area contributed by atoms with Crippen LogP contribution in [0, 0.1) is 0 Å². The Hall–Kier alpha value is -2.59. The highest BCUT2D eigenvalue weighted by Crippen LogP contribution is 2.16. The van der Waals surface area contributed by atoms with E-state index in [2.05, 4.69) is 6.58 Å². The molecule has 0 N–H and O–H groups in total. The molecule has 0 saturated heterocycles. The number of carbonyl (C=O) groups is 2. The first kappa shape index (κ1) is 17.8. The monoisotopic (exact) mass is 344 g/mol. The fourth-order valence-electron chi connectivity index (χ4n) is 1.90. The van der Waals surface area contributed by atoms with Gasteiger partial charge in [0.15, 0.2) is 0 Å². The summed E-state index contributed by atoms with van der Waals surface area (Å²) in [6.45, 7) is 3.76. The molecule has 0 fully saturated rings. The van der Waals surface area contributed by atoms with Gasteiger partial charge in [-0.1, -0.05) is 66.7 Å². The maximum Gasteiger partial charge on any atom is 0.334 e. The van der Waals surface area contributed by atoms with Crippen LogP contribution in [-0.2, 0) is 32.3 Å². The quantitative estimate of drug-likeness (QED) is 0.561. The van der Waals surface area contributed by atoms with Crippen molar-refractivity contribution in [2.75, 3.05) is 0 Å². The largest absolute Gasteiger partial charge is 0.460 e. The molecule has 0 saturated carbocycles. The number of rotatable bonds is 7. The summed E-state index contributed by atoms with van der Waals surface area (Å²) in [5.41, 5.74) is 1.61. The highest BCUT2D eigenvalue weighted by atomic mass is 35.5. The number of hydrogen-bond acceptors (Lipinski definition) is 4. The van der Waals surface area contributed by atoms with Crippen molar-refractivity contribution in [3.8, 4) is 0 Å². The third kappa shape index (κ3) is 5.56. The molecule has 0 unspecified atom stereocenters. The average Bonchev–Trinajstić information content (AvgIpc) is 2.59. The van der Waals surface area contributed by atoms with Crippen LogP contribution in [-0.4, -0.2) is 11.9 Å². The van der Waals surface area contributed by atoms with Crippen LogP contribution in [0.3, 0.4) is 0 Å². The number of hydrogen-bond donors (Lipinski definition) is 0. The topological polar surface area (TPSA) is 52.6 Å². The number of carbonyl (C=O) groups excluding carboxylic acids is 2. The van der Waals surface area contributed by atoms with Gasteiger partial charge in [0.2, 0.25) is 0 Å². The Balaban J connectivity index is 1.75. The van der Waals surface area contributed by atoms with Crippen molar-refractivity contribution in [1.29, 1.82) is 0 Å². The van der Waals surface area contributed by atoms with Crippen molar-refractivity contribution in [3.05, 3.63) is 82.9 Å². The summed E-state index contributed by atoms with van der Waals surface area (Å²) >= 11 is 5.98. The van der Waals surface area contributed by atoms with Crippen LogP contribution in [0.25, 0.3) is 0 Å². The molecule has 5 heteroatoms. The molecule has 0 aliphatic rings.